The Balaban J connectivity index is 1.77. The Labute approximate surface area is 159 Å². The summed E-state index contributed by atoms with van der Waals surface area (Å²) in [7, 11) is 3.29. The van der Waals surface area contributed by atoms with Crippen LogP contribution in [0.25, 0.3) is 11.2 Å². The van der Waals surface area contributed by atoms with E-state index in [2.05, 4.69) is 15.5 Å². The number of imidazole rings is 1. The molecule has 0 amide bonds. The zero-order chi connectivity index (χ0) is 19.7. The Morgan fingerprint density at radius 1 is 1.11 bits per heavy atom. The van der Waals surface area contributed by atoms with Crippen molar-refractivity contribution in [3.8, 4) is 0 Å². The maximum atomic E-state index is 13.0. The number of benzene rings is 1. The summed E-state index contributed by atoms with van der Waals surface area (Å²) >= 11 is 0. The molecule has 1 N–H and O–H groups in total. The van der Waals surface area contributed by atoms with Gasteiger partial charge in [0.25, 0.3) is 5.56 Å². The molecular weight excluding hydrogens is 360 g/mol. The van der Waals surface area contributed by atoms with Crippen molar-refractivity contribution in [3.63, 3.8) is 0 Å². The minimum atomic E-state index is -0.426. The minimum absolute atomic E-state index is 0.187. The van der Waals surface area contributed by atoms with Crippen LogP contribution in [0.4, 0.5) is 5.95 Å². The Morgan fingerprint density at radius 2 is 1.89 bits per heavy atom. The molecule has 0 aliphatic carbocycles. The van der Waals surface area contributed by atoms with E-state index in [0.717, 1.165) is 5.56 Å². The van der Waals surface area contributed by atoms with Gasteiger partial charge in [0.2, 0.25) is 5.95 Å². The van der Waals surface area contributed by atoms with Gasteiger partial charge in [-0.05, 0) is 17.7 Å². The second kappa shape index (κ2) is 7.03. The monoisotopic (exact) mass is 378 g/mol. The van der Waals surface area contributed by atoms with E-state index in [-0.39, 0.29) is 12.2 Å². The fraction of sp³-hybridized carbons (Fsp3) is 0.158. The Hall–Kier alpha value is -3.88. The lowest BCUT2D eigenvalue weighted by Gasteiger charge is -2.08. The molecule has 0 aliphatic rings. The molecule has 3 aromatic heterocycles. The number of hydrazone groups is 1. The van der Waals surface area contributed by atoms with Gasteiger partial charge >= 0.3 is 5.69 Å². The molecule has 9 heteroatoms. The molecule has 4 aromatic rings. The van der Waals surface area contributed by atoms with Crippen molar-refractivity contribution in [1.29, 1.82) is 0 Å². The molecular formula is C19H18N6O3. The van der Waals surface area contributed by atoms with E-state index >= 15 is 0 Å². The quantitative estimate of drug-likeness (QED) is 0.419. The Kier molecular flexibility index (Phi) is 4.40. The molecule has 0 radical (unpaired) electrons. The summed E-state index contributed by atoms with van der Waals surface area (Å²) in [5, 5.41) is 4.06. The predicted molar refractivity (Wildman–Crippen MR) is 106 cm³/mol. The molecule has 9 nitrogen and oxygen atoms in total. The number of aryl methyl sites for hydroxylation is 2. The highest BCUT2D eigenvalue weighted by molar-refractivity contribution is 5.77. The molecule has 0 bridgehead atoms. The van der Waals surface area contributed by atoms with Gasteiger partial charge in [-0.25, -0.2) is 10.2 Å². The first-order valence-corrected chi connectivity index (χ1v) is 8.59. The summed E-state index contributed by atoms with van der Waals surface area (Å²) in [5.74, 6) is 0.909. The Bertz CT molecular complexity index is 1260. The van der Waals surface area contributed by atoms with Crippen LogP contribution < -0.4 is 16.7 Å². The van der Waals surface area contributed by atoms with Crippen LogP contribution in [0.15, 0.2) is 67.8 Å². The van der Waals surface area contributed by atoms with Gasteiger partial charge in [-0.2, -0.15) is 10.1 Å². The molecule has 142 valence electrons. The summed E-state index contributed by atoms with van der Waals surface area (Å²) in [6, 6.07) is 12.9. The third-order valence-electron chi connectivity index (χ3n) is 4.44. The van der Waals surface area contributed by atoms with E-state index in [0.29, 0.717) is 17.2 Å². The maximum absolute atomic E-state index is 13.0. The van der Waals surface area contributed by atoms with Crippen molar-refractivity contribution in [2.75, 3.05) is 5.43 Å². The molecule has 4 rings (SSSR count). The van der Waals surface area contributed by atoms with Gasteiger partial charge in [0.15, 0.2) is 11.2 Å². The van der Waals surface area contributed by atoms with Crippen LogP contribution in [0.1, 0.15) is 11.3 Å². The second-order valence-electron chi connectivity index (χ2n) is 6.27. The molecule has 0 spiro atoms. The van der Waals surface area contributed by atoms with Gasteiger partial charge in [-0.3, -0.25) is 13.9 Å². The van der Waals surface area contributed by atoms with E-state index in [4.69, 9.17) is 4.42 Å². The van der Waals surface area contributed by atoms with Crippen molar-refractivity contribution in [1.82, 2.24) is 18.7 Å². The second-order valence-corrected chi connectivity index (χ2v) is 6.27. The fourth-order valence-electron chi connectivity index (χ4n) is 2.97. The normalized spacial score (nSPS) is 11.5. The molecule has 0 aliphatic heterocycles. The van der Waals surface area contributed by atoms with Gasteiger partial charge in [0.1, 0.15) is 5.76 Å². The SMILES string of the molecule is Cn1c(N/N=C/c2ccco2)nc2c1c(=O)n(Cc1ccccc1)c(=O)n2C. The van der Waals surface area contributed by atoms with Gasteiger partial charge in [0.05, 0.1) is 19.0 Å². The van der Waals surface area contributed by atoms with Crippen LogP contribution in [0, 0.1) is 0 Å². The molecule has 0 atom stereocenters. The highest BCUT2D eigenvalue weighted by Gasteiger charge is 2.18. The number of hydrogen-bond acceptors (Lipinski definition) is 6. The highest BCUT2D eigenvalue weighted by atomic mass is 16.3. The van der Waals surface area contributed by atoms with Crippen LogP contribution in [0.2, 0.25) is 0 Å². The van der Waals surface area contributed by atoms with Crippen LogP contribution in [-0.2, 0) is 20.6 Å². The third kappa shape index (κ3) is 3.02. The molecule has 0 saturated heterocycles. The number of rotatable bonds is 5. The van der Waals surface area contributed by atoms with Crippen LogP contribution in [0.3, 0.4) is 0 Å². The molecule has 28 heavy (non-hydrogen) atoms. The zero-order valence-corrected chi connectivity index (χ0v) is 15.4. The first kappa shape index (κ1) is 17.5. The first-order valence-electron chi connectivity index (χ1n) is 8.59. The lowest BCUT2D eigenvalue weighted by molar-refractivity contribution is 0.560. The zero-order valence-electron chi connectivity index (χ0n) is 15.4. The van der Waals surface area contributed by atoms with E-state index in [1.165, 1.54) is 15.3 Å². The topological polar surface area (TPSA) is 99.3 Å². The van der Waals surface area contributed by atoms with E-state index in [1.807, 2.05) is 30.3 Å². The van der Waals surface area contributed by atoms with Gasteiger partial charge in [-0.1, -0.05) is 30.3 Å². The predicted octanol–water partition coefficient (Wildman–Crippen LogP) is 1.52. The van der Waals surface area contributed by atoms with Crippen molar-refractivity contribution in [3.05, 3.63) is 80.9 Å². The molecule has 0 fully saturated rings. The Morgan fingerprint density at radius 3 is 2.61 bits per heavy atom. The van der Waals surface area contributed by atoms with E-state index in [9.17, 15) is 9.59 Å². The van der Waals surface area contributed by atoms with Gasteiger partial charge in [-0.15, -0.1) is 0 Å². The van der Waals surface area contributed by atoms with Crippen molar-refractivity contribution in [2.24, 2.45) is 19.2 Å². The smallest absolute Gasteiger partial charge is 0.332 e. The van der Waals surface area contributed by atoms with Crippen LogP contribution in [0.5, 0.6) is 0 Å². The largest absolute Gasteiger partial charge is 0.463 e. The number of nitrogens with zero attached hydrogens (tertiary/aromatic N) is 5. The molecule has 0 unspecified atom stereocenters. The average molecular weight is 378 g/mol. The van der Waals surface area contributed by atoms with Crippen molar-refractivity contribution in [2.45, 2.75) is 6.54 Å². The lowest BCUT2D eigenvalue weighted by Crippen LogP contribution is -2.39. The summed E-state index contributed by atoms with van der Waals surface area (Å²) < 4.78 is 9.32. The lowest BCUT2D eigenvalue weighted by atomic mass is 10.2. The highest BCUT2D eigenvalue weighted by Crippen LogP contribution is 2.13. The number of aromatic nitrogens is 4. The van der Waals surface area contributed by atoms with E-state index < -0.39 is 11.2 Å². The number of anilines is 1. The third-order valence-corrected chi connectivity index (χ3v) is 4.44. The average Bonchev–Trinajstić information content (AvgIpc) is 3.33. The van der Waals surface area contributed by atoms with E-state index in [1.54, 1.807) is 37.1 Å². The summed E-state index contributed by atoms with van der Waals surface area (Å²) in [6.07, 6.45) is 3.04. The summed E-state index contributed by atoms with van der Waals surface area (Å²) in [5.41, 5.74) is 3.42. The van der Waals surface area contributed by atoms with Gasteiger partial charge < -0.3 is 8.98 Å². The number of fused-ring (bicyclic) bond motifs is 1. The van der Waals surface area contributed by atoms with Crippen LogP contribution >= 0.6 is 0 Å². The van der Waals surface area contributed by atoms with Gasteiger partial charge in [0, 0.05) is 14.1 Å². The van der Waals surface area contributed by atoms with Crippen LogP contribution in [-0.4, -0.2) is 24.9 Å². The molecule has 1 aromatic carbocycles. The summed E-state index contributed by atoms with van der Waals surface area (Å²) in [4.78, 5) is 30.1. The number of furan rings is 1. The standard InChI is InChI=1S/C19H18N6O3/c1-23-15-16(21-18(23)22-20-11-14-9-6-10-28-14)24(2)19(27)25(17(15)26)12-13-7-4-3-5-8-13/h3-11H,12H2,1-2H3,(H,21,22)/b20-11+. The van der Waals surface area contributed by atoms with Crippen molar-refractivity contribution < 1.29 is 4.42 Å². The van der Waals surface area contributed by atoms with Crippen molar-refractivity contribution >= 4 is 23.3 Å². The fourth-order valence-corrected chi connectivity index (χ4v) is 2.97. The molecule has 0 saturated carbocycles. The summed E-state index contributed by atoms with van der Waals surface area (Å²) in [6.45, 7) is 0.187. The molecule has 3 heterocycles. The maximum Gasteiger partial charge on any atom is 0.332 e. The first-order chi connectivity index (χ1) is 13.6. The number of hydrogen-bond donors (Lipinski definition) is 1. The number of nitrogens with one attached hydrogen (secondary N) is 1. The minimum Gasteiger partial charge on any atom is -0.463 e.